The maximum atomic E-state index is 17.7. The van der Waals surface area contributed by atoms with Gasteiger partial charge in [-0.25, -0.2) is 29.9 Å². The van der Waals surface area contributed by atoms with E-state index in [1.807, 2.05) is 0 Å². The smallest absolute Gasteiger partial charge is 0.164 e. The zero-order chi connectivity index (χ0) is 85.0. The number of Topliss-reactive ketones (excluding diaryl/α,β-unsaturated/α-hetero) is 1. The fraction of sp³-hybridized carbons (Fsp3) is 0.449. The van der Waals surface area contributed by atoms with Gasteiger partial charge in [0.15, 0.2) is 63.6 Å². The zero-order valence-electron chi connectivity index (χ0n) is 74.4. The van der Waals surface area contributed by atoms with Gasteiger partial charge >= 0.3 is 0 Å². The number of H-pyrrole nitrogens is 2. The average molecular weight is 1650 g/mol. The monoisotopic (exact) mass is 1650 g/mol. The lowest BCUT2D eigenvalue weighted by molar-refractivity contribution is -0.125. The summed E-state index contributed by atoms with van der Waals surface area (Å²) < 4.78 is 51.6. The summed E-state index contributed by atoms with van der Waals surface area (Å²) in [5.41, 5.74) is 10.6. The highest BCUT2D eigenvalue weighted by Crippen LogP contribution is 2.81. The van der Waals surface area contributed by atoms with Gasteiger partial charge in [-0.15, -0.1) is 0 Å². The van der Waals surface area contributed by atoms with Gasteiger partial charge in [-0.05, 0) is 170 Å². The first-order chi connectivity index (χ1) is 60.3. The van der Waals surface area contributed by atoms with E-state index < -0.39 is 23.0 Å². The Hall–Kier alpha value is -10.7. The van der Waals surface area contributed by atoms with E-state index >= 15 is 4.79 Å². The molecule has 0 radical (unpaired) electrons. The molecule has 4 aliphatic heterocycles. The Bertz CT molecular complexity index is 5490. The number of hydrogen-bond acceptors (Lipinski definition) is 14. The van der Waals surface area contributed by atoms with Gasteiger partial charge in [-0.3, -0.25) is 4.79 Å². The van der Waals surface area contributed by atoms with Crippen LogP contribution in [0, 0.1) is 11.8 Å². The number of nitrogens with zero attached hydrogens (tertiary/aromatic N) is 6. The highest BCUT2D eigenvalue weighted by molar-refractivity contribution is 6.30. The number of allylic oxidation sites excluding steroid dienone is 2. The van der Waals surface area contributed by atoms with Crippen molar-refractivity contribution in [3.8, 4) is 80.0 Å². The molecule has 16 nitrogen and oxygen atoms in total. The third kappa shape index (κ3) is 15.5. The third-order valence-electron chi connectivity index (χ3n) is 27.3. The molecule has 17 rings (SSSR count). The van der Waals surface area contributed by atoms with E-state index in [2.05, 4.69) is 263 Å². The lowest BCUT2D eigenvalue weighted by atomic mass is 9.54. The number of aromatic nitrogens is 8. The van der Waals surface area contributed by atoms with Crippen LogP contribution in [-0.2, 0) is 20.4 Å². The minimum absolute atomic E-state index is 0.0693. The standard InChI is InChI=1S/C107H124N8O8/c1-13-25-51-69(19-7)117-85-59-79-81(61-87(85)119-71(21-9)53-27-15-3)101-111-99(79)109-97-77-57-75-76(96-94-93(95(75)123-96)106(67-47-39-33-40-48-67)91(65-43-35-31-36-44-65)92(66-45-37-32-38-46-66)107(94,105(106)116)68-49-41-34-42-50-68)58-78(77)98(108-97)110-100-80-60-86(118-70(20-8)52-26-14-2)88(120-72(22-10)54-28-16-4)62-82(80)102(112-100)114-104-84-64-90(122-74(24-12)56-30-18-6)89(63-83(84)103(113-101)115-104)121-73(23-11)55-29-17-5/h31-50,57-64,69-74,93-96H,13-30,51-56H2,1-12H3,(H2,108,109,110,111,112,113,114,115). The Morgan fingerprint density at radius 3 is 0.813 bits per heavy atom. The molecular formula is C107H124N8O8. The van der Waals surface area contributed by atoms with Gasteiger partial charge in [0, 0.05) is 55.6 Å². The van der Waals surface area contributed by atoms with Crippen molar-refractivity contribution >= 4 is 61.1 Å². The fourth-order valence-electron chi connectivity index (χ4n) is 20.8. The minimum Gasteiger partial charge on any atom is -0.487 e. The van der Waals surface area contributed by atoms with Gasteiger partial charge < -0.3 is 43.1 Å². The maximum Gasteiger partial charge on any atom is 0.164 e. The van der Waals surface area contributed by atoms with Crippen LogP contribution in [-0.4, -0.2) is 82.3 Å². The summed E-state index contributed by atoms with van der Waals surface area (Å²) in [4.78, 5) is 60.3. The number of fused-ring (bicyclic) bond motifs is 32. The van der Waals surface area contributed by atoms with Crippen molar-refractivity contribution in [3.05, 3.63) is 203 Å². The van der Waals surface area contributed by atoms with Crippen LogP contribution in [0.15, 0.2) is 170 Å². The first kappa shape index (κ1) is 84.5. The number of benzene rings is 8. The predicted molar refractivity (Wildman–Crippen MR) is 496 cm³/mol. The van der Waals surface area contributed by atoms with E-state index in [-0.39, 0.29) is 54.2 Å². The van der Waals surface area contributed by atoms with Crippen molar-refractivity contribution < 1.29 is 38.0 Å². The molecule has 3 aromatic heterocycles. The van der Waals surface area contributed by atoms with Crippen molar-refractivity contribution in [2.75, 3.05) is 0 Å². The second-order valence-electron chi connectivity index (χ2n) is 35.1. The van der Waals surface area contributed by atoms with E-state index in [4.69, 9.17) is 63.1 Å². The molecule has 16 heteroatoms. The van der Waals surface area contributed by atoms with E-state index in [0.29, 0.717) is 80.4 Å². The largest absolute Gasteiger partial charge is 0.487 e. The first-order valence-corrected chi connectivity index (χ1v) is 47.0. The number of carbonyl (C=O) groups excluding carboxylic acids is 1. The number of carbonyl (C=O) groups is 1. The minimum atomic E-state index is -1.17. The molecule has 12 unspecified atom stereocenters. The number of ether oxygens (including phenoxy) is 7. The van der Waals surface area contributed by atoms with Crippen LogP contribution in [0.25, 0.3) is 101 Å². The Balaban J connectivity index is 0.987. The van der Waals surface area contributed by atoms with E-state index in [1.54, 1.807) is 0 Å². The maximum absolute atomic E-state index is 17.7. The fourth-order valence-corrected chi connectivity index (χ4v) is 20.8. The van der Waals surface area contributed by atoms with Crippen LogP contribution in [0.4, 0.5) is 0 Å². The van der Waals surface area contributed by atoms with Gasteiger partial charge in [0.1, 0.15) is 22.6 Å². The molecule has 1 saturated carbocycles. The number of ketones is 1. The lowest BCUT2D eigenvalue weighted by Gasteiger charge is -2.45. The number of rotatable bonds is 40. The molecule has 12 atom stereocenters. The Labute approximate surface area is 726 Å². The van der Waals surface area contributed by atoms with Gasteiger partial charge in [-0.1, -0.05) is 281 Å². The first-order valence-electron chi connectivity index (χ1n) is 47.0. The van der Waals surface area contributed by atoms with Crippen LogP contribution in [0.5, 0.6) is 34.5 Å². The highest BCUT2D eigenvalue weighted by Gasteiger charge is 2.82. The zero-order valence-corrected chi connectivity index (χ0v) is 74.4. The Morgan fingerprint density at radius 1 is 0.317 bits per heavy atom. The third-order valence-corrected chi connectivity index (χ3v) is 27.3. The molecule has 12 bridgehead atoms. The van der Waals surface area contributed by atoms with E-state index in [1.165, 1.54) is 0 Å². The van der Waals surface area contributed by atoms with E-state index in [0.717, 1.165) is 242 Å². The molecule has 0 spiro atoms. The molecule has 11 aromatic rings. The molecule has 7 heterocycles. The summed E-state index contributed by atoms with van der Waals surface area (Å²) in [7, 11) is 0. The van der Waals surface area contributed by atoms with Crippen molar-refractivity contribution in [2.45, 2.75) is 297 Å². The molecule has 0 amide bonds. The molecule has 1 saturated heterocycles. The van der Waals surface area contributed by atoms with Crippen molar-refractivity contribution in [1.29, 1.82) is 0 Å². The quantitative estimate of drug-likeness (QED) is 0.0369. The van der Waals surface area contributed by atoms with Gasteiger partial charge in [-0.2, -0.15) is 0 Å². The molecule has 6 aliphatic rings. The van der Waals surface area contributed by atoms with E-state index in [9.17, 15) is 0 Å². The van der Waals surface area contributed by atoms with Crippen molar-refractivity contribution in [3.63, 3.8) is 0 Å². The predicted octanol–water partition coefficient (Wildman–Crippen LogP) is 27.4. The van der Waals surface area contributed by atoms with Crippen LogP contribution >= 0.6 is 0 Å². The van der Waals surface area contributed by atoms with Crippen LogP contribution in [0.1, 0.15) is 283 Å². The lowest BCUT2D eigenvalue weighted by Crippen LogP contribution is -2.42. The average Bonchev–Trinajstić information content (AvgIpc) is 1.45. The van der Waals surface area contributed by atoms with Crippen LogP contribution < -0.4 is 28.4 Å². The topological polar surface area (TPSA) is 191 Å². The normalized spacial score (nSPS) is 19.8. The van der Waals surface area contributed by atoms with Crippen molar-refractivity contribution in [1.82, 2.24) is 39.9 Å². The number of unbranched alkanes of at least 4 members (excludes halogenated alkanes) is 6. The number of aromatic amines is 2. The van der Waals surface area contributed by atoms with Gasteiger partial charge in [0.2, 0.25) is 0 Å². The summed E-state index contributed by atoms with van der Waals surface area (Å²) in [6.07, 6.45) is 21.0. The second-order valence-corrected chi connectivity index (χ2v) is 35.1. The SMILES string of the molecule is CCCCC(CC)Oc1cc2c(cc1OC(CC)CCCC)-c1nc-2nc2[nH]c(nc3nc(nc4[nH]c(n1)c1cc5c(cc41)C1OC5C4C1C1(c5ccccc5)C(=O)C4(c4ccccc4)C(c4ccccc4)=C1c1ccccc1)-c1cc(OC(CC)CCCC)c(OC(CC)CCCC)cc1-3)c1cc(OC(CC)CCCC)c(OC(CC)CCCC)cc21. The molecular weight excluding hydrogens is 1530 g/mol. The molecule has 2 fully saturated rings. The van der Waals surface area contributed by atoms with Crippen LogP contribution in [0.3, 0.4) is 0 Å². The Morgan fingerprint density at radius 2 is 0.561 bits per heavy atom. The summed E-state index contributed by atoms with van der Waals surface area (Å²) in [6, 6.07) is 59.8. The molecule has 2 N–H and O–H groups in total. The second kappa shape index (κ2) is 37.0. The van der Waals surface area contributed by atoms with Crippen molar-refractivity contribution in [2.24, 2.45) is 11.8 Å². The van der Waals surface area contributed by atoms with Gasteiger partial charge in [0.25, 0.3) is 0 Å². The van der Waals surface area contributed by atoms with Gasteiger partial charge in [0.05, 0.1) is 59.7 Å². The molecule has 640 valence electrons. The number of hydrogen-bond donors (Lipinski definition) is 2. The molecule has 2 aliphatic carbocycles. The molecule has 123 heavy (non-hydrogen) atoms. The van der Waals surface area contributed by atoms with Crippen LogP contribution in [0.2, 0.25) is 0 Å². The highest BCUT2D eigenvalue weighted by atomic mass is 16.5. The summed E-state index contributed by atoms with van der Waals surface area (Å²) in [6.45, 7) is 26.6. The Kier molecular flexibility index (Phi) is 25.4. The summed E-state index contributed by atoms with van der Waals surface area (Å²) in [5.74, 6) is 4.98. The molecule has 8 aromatic carbocycles. The summed E-state index contributed by atoms with van der Waals surface area (Å²) in [5, 5.41) is 3.12. The summed E-state index contributed by atoms with van der Waals surface area (Å²) >= 11 is 0. The number of nitrogens with one attached hydrogen (secondary N) is 2.